The van der Waals surface area contributed by atoms with Gasteiger partial charge in [0.2, 0.25) is 0 Å². The molecule has 2 nitrogen and oxygen atoms in total. The lowest BCUT2D eigenvalue weighted by atomic mass is 10.2. The smallest absolute Gasteiger partial charge is 0.384 e. The highest BCUT2D eigenvalue weighted by Crippen LogP contribution is 2.30. The summed E-state index contributed by atoms with van der Waals surface area (Å²) in [5.41, 5.74) is 5.00. The molecule has 14 heavy (non-hydrogen) atoms. The topological polar surface area (TPSA) is 38.0 Å². The van der Waals surface area contributed by atoms with Crippen LogP contribution in [0, 0.1) is 0 Å². The normalized spacial score (nSPS) is 11.4. The van der Waals surface area contributed by atoms with Crippen molar-refractivity contribution in [1.82, 2.24) is 0 Å². The summed E-state index contributed by atoms with van der Waals surface area (Å²) in [6, 6.07) is 5.04. The van der Waals surface area contributed by atoms with Crippen molar-refractivity contribution < 1.29 is 13.2 Å². The molecule has 0 unspecified atom stereocenters. The largest absolute Gasteiger partial charge is 0.416 e. The van der Waals surface area contributed by atoms with Crippen LogP contribution in [0.1, 0.15) is 5.56 Å². The van der Waals surface area contributed by atoms with Crippen molar-refractivity contribution in [2.24, 2.45) is 5.73 Å². The molecule has 0 aliphatic heterocycles. The van der Waals surface area contributed by atoms with Gasteiger partial charge in [-0.15, -0.1) is 0 Å². The van der Waals surface area contributed by atoms with E-state index in [2.05, 4.69) is 5.32 Å². The SMILES string of the molecule is NCCNc1cccc(C(F)(F)F)c1. The molecule has 1 aromatic carbocycles. The van der Waals surface area contributed by atoms with Crippen molar-refractivity contribution >= 4 is 5.69 Å². The Kier molecular flexibility index (Phi) is 3.35. The molecule has 0 spiro atoms. The highest BCUT2D eigenvalue weighted by atomic mass is 19.4. The molecular weight excluding hydrogens is 193 g/mol. The van der Waals surface area contributed by atoms with Gasteiger partial charge in [-0.2, -0.15) is 13.2 Å². The maximum Gasteiger partial charge on any atom is 0.416 e. The molecular formula is C9H11F3N2. The molecule has 0 fully saturated rings. The Morgan fingerprint density at radius 3 is 2.57 bits per heavy atom. The minimum absolute atomic E-state index is 0.385. The highest BCUT2D eigenvalue weighted by molar-refractivity contribution is 5.46. The van der Waals surface area contributed by atoms with Gasteiger partial charge >= 0.3 is 6.18 Å². The minimum Gasteiger partial charge on any atom is -0.384 e. The molecule has 78 valence electrons. The second kappa shape index (κ2) is 4.32. The van der Waals surface area contributed by atoms with E-state index >= 15 is 0 Å². The number of benzene rings is 1. The van der Waals surface area contributed by atoms with E-state index < -0.39 is 11.7 Å². The van der Waals surface area contributed by atoms with Gasteiger partial charge in [0.25, 0.3) is 0 Å². The number of alkyl halides is 3. The first-order valence-electron chi connectivity index (χ1n) is 4.15. The lowest BCUT2D eigenvalue weighted by molar-refractivity contribution is -0.137. The number of nitrogens with one attached hydrogen (secondary N) is 1. The summed E-state index contributed by atoms with van der Waals surface area (Å²) < 4.78 is 36.7. The van der Waals surface area contributed by atoms with Crippen molar-refractivity contribution in [2.75, 3.05) is 18.4 Å². The summed E-state index contributed by atoms with van der Waals surface area (Å²) in [4.78, 5) is 0. The summed E-state index contributed by atoms with van der Waals surface area (Å²) in [6.07, 6.45) is -4.29. The molecule has 0 bridgehead atoms. The van der Waals surface area contributed by atoms with E-state index in [9.17, 15) is 13.2 Å². The Labute approximate surface area is 79.9 Å². The zero-order valence-electron chi connectivity index (χ0n) is 7.43. The van der Waals surface area contributed by atoms with Crippen LogP contribution in [0.5, 0.6) is 0 Å². The molecule has 0 heterocycles. The van der Waals surface area contributed by atoms with Crippen LogP contribution >= 0.6 is 0 Å². The number of nitrogens with two attached hydrogens (primary N) is 1. The van der Waals surface area contributed by atoms with E-state index in [1.54, 1.807) is 6.07 Å². The van der Waals surface area contributed by atoms with Gasteiger partial charge in [0, 0.05) is 18.8 Å². The van der Waals surface area contributed by atoms with E-state index in [1.807, 2.05) is 0 Å². The van der Waals surface area contributed by atoms with Crippen LogP contribution in [-0.4, -0.2) is 13.1 Å². The Hall–Kier alpha value is -1.23. The van der Waals surface area contributed by atoms with Crippen molar-refractivity contribution in [3.63, 3.8) is 0 Å². The summed E-state index contributed by atoms with van der Waals surface area (Å²) in [6.45, 7) is 0.845. The van der Waals surface area contributed by atoms with Crippen LogP contribution in [0.3, 0.4) is 0 Å². The first kappa shape index (κ1) is 10.8. The fourth-order valence-electron chi connectivity index (χ4n) is 1.02. The summed E-state index contributed by atoms with van der Waals surface area (Å²) in [7, 11) is 0. The molecule has 0 aliphatic carbocycles. The Balaban J connectivity index is 2.79. The third-order valence-electron chi connectivity index (χ3n) is 1.66. The first-order valence-corrected chi connectivity index (χ1v) is 4.15. The van der Waals surface area contributed by atoms with Gasteiger partial charge in [-0.1, -0.05) is 6.07 Å². The monoisotopic (exact) mass is 204 g/mol. The van der Waals surface area contributed by atoms with Crippen LogP contribution < -0.4 is 11.1 Å². The fraction of sp³-hybridized carbons (Fsp3) is 0.333. The molecule has 0 aliphatic rings. The first-order chi connectivity index (χ1) is 6.54. The number of hydrogen-bond acceptors (Lipinski definition) is 2. The van der Waals surface area contributed by atoms with Crippen LogP contribution in [-0.2, 0) is 6.18 Å². The second-order valence-electron chi connectivity index (χ2n) is 2.79. The van der Waals surface area contributed by atoms with Gasteiger partial charge in [-0.05, 0) is 18.2 Å². The van der Waals surface area contributed by atoms with E-state index in [0.717, 1.165) is 12.1 Å². The van der Waals surface area contributed by atoms with Gasteiger partial charge in [-0.3, -0.25) is 0 Å². The summed E-state index contributed by atoms with van der Waals surface area (Å²) >= 11 is 0. The molecule has 5 heteroatoms. The van der Waals surface area contributed by atoms with Crippen LogP contribution in [0.25, 0.3) is 0 Å². The molecule has 3 N–H and O–H groups in total. The van der Waals surface area contributed by atoms with Gasteiger partial charge in [0.15, 0.2) is 0 Å². The van der Waals surface area contributed by atoms with Gasteiger partial charge in [-0.25, -0.2) is 0 Å². The van der Waals surface area contributed by atoms with Crippen LogP contribution in [0.2, 0.25) is 0 Å². The van der Waals surface area contributed by atoms with Crippen LogP contribution in [0.15, 0.2) is 24.3 Å². The van der Waals surface area contributed by atoms with Crippen molar-refractivity contribution in [2.45, 2.75) is 6.18 Å². The fourth-order valence-corrected chi connectivity index (χ4v) is 1.02. The summed E-state index contributed by atoms with van der Waals surface area (Å²) in [5, 5.41) is 2.78. The Morgan fingerprint density at radius 2 is 2.00 bits per heavy atom. The maximum absolute atomic E-state index is 12.2. The van der Waals surface area contributed by atoms with Gasteiger partial charge in [0.1, 0.15) is 0 Å². The Bertz CT molecular complexity index is 296. The Morgan fingerprint density at radius 1 is 1.29 bits per heavy atom. The number of anilines is 1. The molecule has 0 radical (unpaired) electrons. The average molecular weight is 204 g/mol. The number of rotatable bonds is 3. The quantitative estimate of drug-likeness (QED) is 0.791. The van der Waals surface area contributed by atoms with Crippen molar-refractivity contribution in [1.29, 1.82) is 0 Å². The molecule has 0 saturated carbocycles. The van der Waals surface area contributed by atoms with E-state index in [-0.39, 0.29) is 0 Å². The average Bonchev–Trinajstić information content (AvgIpc) is 2.14. The lowest BCUT2D eigenvalue weighted by Crippen LogP contribution is -2.13. The number of hydrogen-bond donors (Lipinski definition) is 2. The lowest BCUT2D eigenvalue weighted by Gasteiger charge is -2.09. The van der Waals surface area contributed by atoms with Crippen LogP contribution in [0.4, 0.5) is 18.9 Å². The second-order valence-corrected chi connectivity index (χ2v) is 2.79. The van der Waals surface area contributed by atoms with Gasteiger partial charge in [0.05, 0.1) is 5.56 Å². The molecule has 1 aromatic rings. The van der Waals surface area contributed by atoms with Crippen molar-refractivity contribution in [3.8, 4) is 0 Å². The third-order valence-corrected chi connectivity index (χ3v) is 1.66. The predicted octanol–water partition coefficient (Wildman–Crippen LogP) is 2.08. The standard InChI is InChI=1S/C9H11F3N2/c10-9(11,12)7-2-1-3-8(6-7)14-5-4-13/h1-3,6,14H,4-5,13H2. The zero-order chi connectivity index (χ0) is 10.6. The maximum atomic E-state index is 12.2. The third kappa shape index (κ3) is 2.92. The van der Waals surface area contributed by atoms with E-state index in [4.69, 9.17) is 5.73 Å². The molecule has 0 amide bonds. The van der Waals surface area contributed by atoms with E-state index in [1.165, 1.54) is 6.07 Å². The predicted molar refractivity (Wildman–Crippen MR) is 49.0 cm³/mol. The minimum atomic E-state index is -4.29. The van der Waals surface area contributed by atoms with Gasteiger partial charge < -0.3 is 11.1 Å². The zero-order valence-corrected chi connectivity index (χ0v) is 7.43. The highest BCUT2D eigenvalue weighted by Gasteiger charge is 2.30. The van der Waals surface area contributed by atoms with Crippen molar-refractivity contribution in [3.05, 3.63) is 29.8 Å². The van der Waals surface area contributed by atoms with E-state index in [0.29, 0.717) is 18.8 Å². The molecule has 1 rings (SSSR count). The molecule has 0 atom stereocenters. The molecule has 0 saturated heterocycles. The summed E-state index contributed by atoms with van der Waals surface area (Å²) in [5.74, 6) is 0. The molecule has 0 aromatic heterocycles. The number of halogens is 3.